The van der Waals surface area contributed by atoms with Crippen molar-refractivity contribution in [3.8, 4) is 0 Å². The molecule has 0 bridgehead atoms. The number of piperazine rings is 1. The van der Waals surface area contributed by atoms with Gasteiger partial charge in [0.1, 0.15) is 5.82 Å². The molecule has 2 aromatic rings. The van der Waals surface area contributed by atoms with Gasteiger partial charge in [-0.25, -0.2) is 4.39 Å². The second kappa shape index (κ2) is 11.1. The Morgan fingerprint density at radius 3 is 2.25 bits per heavy atom. The fraction of sp³-hybridized carbons (Fsp3) is 0.478. The lowest BCUT2D eigenvalue weighted by Crippen LogP contribution is -2.46. The van der Waals surface area contributed by atoms with Gasteiger partial charge in [0.05, 0.1) is 6.26 Å². The van der Waals surface area contributed by atoms with Crippen molar-refractivity contribution in [1.29, 1.82) is 0 Å². The van der Waals surface area contributed by atoms with E-state index in [-0.39, 0.29) is 11.3 Å². The first-order valence-corrected chi connectivity index (χ1v) is 13.1. The summed E-state index contributed by atoms with van der Waals surface area (Å²) < 4.78 is 39.8. The summed E-state index contributed by atoms with van der Waals surface area (Å²) in [5.74, 6) is 0.386. The third kappa shape index (κ3) is 7.26. The summed E-state index contributed by atoms with van der Waals surface area (Å²) in [6.07, 6.45) is 1.60. The lowest BCUT2D eigenvalue weighted by molar-refractivity contribution is 0.110. The molecule has 4 rings (SSSR count). The van der Waals surface area contributed by atoms with E-state index in [1.165, 1.54) is 20.9 Å². The Hall–Kier alpha value is -1.49. The fourth-order valence-corrected chi connectivity index (χ4v) is 5.08. The van der Waals surface area contributed by atoms with Crippen LogP contribution in [0.15, 0.2) is 46.2 Å². The molecule has 2 heterocycles. The van der Waals surface area contributed by atoms with E-state index in [9.17, 15) is 12.8 Å². The maximum absolute atomic E-state index is 13.9. The van der Waals surface area contributed by atoms with Crippen molar-refractivity contribution >= 4 is 21.9 Å². The topological polar surface area (TPSA) is 92.4 Å². The first-order valence-electron chi connectivity index (χ1n) is 10.5. The highest BCUT2D eigenvalue weighted by Gasteiger charge is 2.30. The Kier molecular flexibility index (Phi) is 9.27. The number of fused-ring (bicyclic) bond motifs is 2. The van der Waals surface area contributed by atoms with Crippen LogP contribution in [-0.2, 0) is 16.5 Å². The van der Waals surface area contributed by atoms with Crippen molar-refractivity contribution in [2.75, 3.05) is 39.5 Å². The van der Waals surface area contributed by atoms with Crippen LogP contribution in [0.25, 0.3) is 0 Å². The minimum Gasteiger partial charge on any atom is -0.412 e. The Bertz CT molecular complexity index is 1010. The standard InChI is InChI=1S/C22H27FN2S.CH4O3S.H2O/c1-15(2)16-4-6-22-19(13-16)20(25-10-8-24(3)9-11-25)14-17-12-18(23)5-7-21(17)26-22;1-5(2,3)4;/h4-7,12-13,15,20H,8-11,14H2,1-3H3;1H3,(H,2,3,4);1H2. The molecule has 2 aliphatic rings. The maximum atomic E-state index is 13.9. The van der Waals surface area contributed by atoms with Crippen molar-refractivity contribution in [1.82, 2.24) is 9.80 Å². The third-order valence-electron chi connectivity index (χ3n) is 5.69. The molecule has 2 aliphatic heterocycles. The molecule has 0 aromatic heterocycles. The Balaban J connectivity index is 0.000000548. The van der Waals surface area contributed by atoms with E-state index < -0.39 is 10.1 Å². The van der Waals surface area contributed by atoms with Gasteiger partial charge in [-0.1, -0.05) is 37.7 Å². The molecule has 0 radical (unpaired) electrons. The molecule has 32 heavy (non-hydrogen) atoms. The maximum Gasteiger partial charge on any atom is 0.261 e. The van der Waals surface area contributed by atoms with Crippen LogP contribution < -0.4 is 0 Å². The molecule has 1 saturated heterocycles. The summed E-state index contributed by atoms with van der Waals surface area (Å²) in [6, 6.07) is 12.5. The Morgan fingerprint density at radius 2 is 1.66 bits per heavy atom. The van der Waals surface area contributed by atoms with Crippen molar-refractivity contribution in [2.45, 2.75) is 42.0 Å². The molecule has 1 unspecified atom stereocenters. The Morgan fingerprint density at radius 1 is 1.06 bits per heavy atom. The van der Waals surface area contributed by atoms with Crippen LogP contribution in [0, 0.1) is 5.82 Å². The molecule has 0 amide bonds. The molecule has 9 heteroatoms. The summed E-state index contributed by atoms with van der Waals surface area (Å²) in [4.78, 5) is 7.51. The van der Waals surface area contributed by atoms with E-state index in [1.54, 1.807) is 23.9 Å². The quantitative estimate of drug-likeness (QED) is 0.655. The van der Waals surface area contributed by atoms with Crippen LogP contribution in [0.2, 0.25) is 0 Å². The van der Waals surface area contributed by atoms with Crippen LogP contribution in [0.4, 0.5) is 4.39 Å². The lowest BCUT2D eigenvalue weighted by Gasteiger charge is -2.38. The van der Waals surface area contributed by atoms with Crippen LogP contribution in [0.3, 0.4) is 0 Å². The van der Waals surface area contributed by atoms with Crippen molar-refractivity contribution in [3.63, 3.8) is 0 Å². The van der Waals surface area contributed by atoms with E-state index in [4.69, 9.17) is 4.55 Å². The summed E-state index contributed by atoms with van der Waals surface area (Å²) in [6.45, 7) is 8.84. The van der Waals surface area contributed by atoms with Crippen molar-refractivity contribution in [3.05, 3.63) is 58.9 Å². The van der Waals surface area contributed by atoms with Crippen molar-refractivity contribution < 1.29 is 22.8 Å². The zero-order valence-electron chi connectivity index (χ0n) is 19.0. The van der Waals surface area contributed by atoms with Crippen LogP contribution in [-0.4, -0.2) is 67.7 Å². The first-order chi connectivity index (χ1) is 14.5. The molecule has 0 saturated carbocycles. The number of hydrogen-bond acceptors (Lipinski definition) is 5. The summed E-state index contributed by atoms with van der Waals surface area (Å²) >= 11 is 1.80. The number of halogens is 1. The van der Waals surface area contributed by atoms with Crippen LogP contribution in [0.5, 0.6) is 0 Å². The number of nitrogens with zero attached hydrogens (tertiary/aromatic N) is 2. The highest BCUT2D eigenvalue weighted by atomic mass is 32.2. The molecule has 2 aromatic carbocycles. The molecule has 0 aliphatic carbocycles. The summed E-state index contributed by atoms with van der Waals surface area (Å²) in [5.41, 5.74) is 3.95. The SMILES string of the molecule is CC(C)c1ccc2c(c1)C(N1CCN(C)CC1)Cc1cc(F)ccc1S2.CS(=O)(=O)O.O. The average Bonchev–Trinajstić information content (AvgIpc) is 2.83. The zero-order valence-corrected chi connectivity index (χ0v) is 20.6. The second-order valence-electron chi connectivity index (χ2n) is 8.60. The molecule has 1 fully saturated rings. The molecule has 6 nitrogen and oxygen atoms in total. The average molecular weight is 485 g/mol. The third-order valence-corrected chi connectivity index (χ3v) is 6.90. The molecule has 1 atom stereocenters. The first kappa shape index (κ1) is 26.8. The largest absolute Gasteiger partial charge is 0.412 e. The van der Waals surface area contributed by atoms with Crippen LogP contribution in [0.1, 0.15) is 42.5 Å². The van der Waals surface area contributed by atoms with E-state index in [2.05, 4.69) is 48.9 Å². The summed E-state index contributed by atoms with van der Waals surface area (Å²) in [7, 11) is -1.48. The predicted octanol–water partition coefficient (Wildman–Crippen LogP) is 3.62. The van der Waals surface area contributed by atoms with E-state index in [0.717, 1.165) is 38.2 Å². The van der Waals surface area contributed by atoms with Gasteiger partial charge in [-0.2, -0.15) is 8.42 Å². The van der Waals surface area contributed by atoms with Gasteiger partial charge < -0.3 is 10.4 Å². The van der Waals surface area contributed by atoms with Crippen molar-refractivity contribution in [2.24, 2.45) is 0 Å². The number of likely N-dealkylation sites (N-methyl/N-ethyl adjacent to an activating group) is 1. The number of benzene rings is 2. The molecule has 178 valence electrons. The normalized spacial score (nSPS) is 19.2. The van der Waals surface area contributed by atoms with Gasteiger partial charge in [0.15, 0.2) is 0 Å². The number of hydrogen-bond donors (Lipinski definition) is 1. The van der Waals surface area contributed by atoms with Gasteiger partial charge in [-0.3, -0.25) is 9.45 Å². The smallest absolute Gasteiger partial charge is 0.261 e. The lowest BCUT2D eigenvalue weighted by atomic mass is 9.93. The van der Waals surface area contributed by atoms with E-state index >= 15 is 0 Å². The van der Waals surface area contributed by atoms with Gasteiger partial charge in [-0.05, 0) is 60.3 Å². The van der Waals surface area contributed by atoms with Gasteiger partial charge in [0.25, 0.3) is 10.1 Å². The Labute approximate surface area is 194 Å². The van der Waals surface area contributed by atoms with Crippen LogP contribution >= 0.6 is 11.8 Å². The highest BCUT2D eigenvalue weighted by Crippen LogP contribution is 2.44. The molecule has 0 spiro atoms. The minimum absolute atomic E-state index is 0. The van der Waals surface area contributed by atoms with Gasteiger partial charge in [-0.15, -0.1) is 0 Å². The molecular weight excluding hydrogens is 451 g/mol. The predicted molar refractivity (Wildman–Crippen MR) is 128 cm³/mol. The van der Waals surface area contributed by atoms with Gasteiger partial charge in [0.2, 0.25) is 0 Å². The molecular formula is C23H33FN2O4S2. The van der Waals surface area contributed by atoms with Gasteiger partial charge >= 0.3 is 0 Å². The second-order valence-corrected chi connectivity index (χ2v) is 11.1. The highest BCUT2D eigenvalue weighted by molar-refractivity contribution is 7.99. The number of rotatable bonds is 2. The fourth-order valence-electron chi connectivity index (χ4n) is 3.98. The zero-order chi connectivity index (χ0) is 22.8. The van der Waals surface area contributed by atoms with Gasteiger partial charge in [0, 0.05) is 42.0 Å². The molecule has 3 N–H and O–H groups in total. The monoisotopic (exact) mass is 484 g/mol. The van der Waals surface area contributed by atoms with E-state index in [0.29, 0.717) is 18.2 Å². The summed E-state index contributed by atoms with van der Waals surface area (Å²) in [5, 5.41) is 0. The minimum atomic E-state index is -3.67. The van der Waals surface area contributed by atoms with E-state index in [1.807, 2.05) is 6.07 Å².